The van der Waals surface area contributed by atoms with Gasteiger partial charge in [0.1, 0.15) is 17.4 Å². The predicted octanol–water partition coefficient (Wildman–Crippen LogP) is 4.10. The normalized spacial score (nSPS) is 10.9. The molecule has 4 rings (SSSR count). The Morgan fingerprint density at radius 3 is 2.68 bits per heavy atom. The Morgan fingerprint density at radius 1 is 1.09 bits per heavy atom. The number of benzene rings is 1. The number of hydrogen-bond acceptors (Lipinski definition) is 3. The summed E-state index contributed by atoms with van der Waals surface area (Å²) in [6.07, 6.45) is 3.38. The molecule has 0 aliphatic heterocycles. The number of para-hydroxylation sites is 1. The molecule has 5 heteroatoms. The van der Waals surface area contributed by atoms with Gasteiger partial charge in [0.2, 0.25) is 0 Å². The SMILES string of the molecule is N#Cc1cc2c3c(Cl)ccnc3n(-c3ccccc3)c2cn1. The van der Waals surface area contributed by atoms with Gasteiger partial charge in [-0.3, -0.25) is 4.57 Å². The fraction of sp³-hybridized carbons (Fsp3) is 0. The van der Waals surface area contributed by atoms with Gasteiger partial charge in [-0.1, -0.05) is 29.8 Å². The number of rotatable bonds is 1. The lowest BCUT2D eigenvalue weighted by molar-refractivity contribution is 1.12. The van der Waals surface area contributed by atoms with Gasteiger partial charge in [0.25, 0.3) is 0 Å². The summed E-state index contributed by atoms with van der Waals surface area (Å²) in [6.45, 7) is 0. The van der Waals surface area contributed by atoms with E-state index < -0.39 is 0 Å². The maximum atomic E-state index is 9.09. The first-order chi connectivity index (χ1) is 10.8. The van der Waals surface area contributed by atoms with E-state index in [1.54, 1.807) is 24.5 Å². The molecule has 0 bridgehead atoms. The van der Waals surface area contributed by atoms with E-state index in [0.29, 0.717) is 10.7 Å². The first kappa shape index (κ1) is 12.8. The lowest BCUT2D eigenvalue weighted by atomic mass is 10.2. The third-order valence-electron chi connectivity index (χ3n) is 3.61. The fourth-order valence-corrected chi connectivity index (χ4v) is 2.93. The van der Waals surface area contributed by atoms with Crippen LogP contribution in [0.2, 0.25) is 5.02 Å². The lowest BCUT2D eigenvalue weighted by Crippen LogP contribution is -1.95. The first-order valence-electron chi connectivity index (χ1n) is 6.70. The highest BCUT2D eigenvalue weighted by atomic mass is 35.5. The molecule has 104 valence electrons. The summed E-state index contributed by atoms with van der Waals surface area (Å²) in [7, 11) is 0. The van der Waals surface area contributed by atoms with Gasteiger partial charge >= 0.3 is 0 Å². The summed E-state index contributed by atoms with van der Waals surface area (Å²) in [5, 5.41) is 11.4. The molecule has 0 unspecified atom stereocenters. The first-order valence-corrected chi connectivity index (χ1v) is 7.07. The predicted molar refractivity (Wildman–Crippen MR) is 86.1 cm³/mol. The van der Waals surface area contributed by atoms with Crippen LogP contribution in [0.25, 0.3) is 27.6 Å². The molecule has 22 heavy (non-hydrogen) atoms. The van der Waals surface area contributed by atoms with Crippen LogP contribution in [0.1, 0.15) is 5.69 Å². The van der Waals surface area contributed by atoms with Gasteiger partial charge < -0.3 is 0 Å². The molecule has 4 aromatic rings. The standard InChI is InChI=1S/C17H9ClN4/c18-14-6-7-20-17-16(14)13-8-11(9-19)21-10-15(13)22(17)12-4-2-1-3-5-12/h1-8,10H. The molecule has 0 N–H and O–H groups in total. The molecule has 4 nitrogen and oxygen atoms in total. The third kappa shape index (κ3) is 1.77. The fourth-order valence-electron chi connectivity index (χ4n) is 2.69. The average molecular weight is 305 g/mol. The molecule has 0 atom stereocenters. The van der Waals surface area contributed by atoms with Gasteiger partial charge in [0.15, 0.2) is 0 Å². The summed E-state index contributed by atoms with van der Waals surface area (Å²) in [6, 6.07) is 15.5. The molecule has 0 amide bonds. The minimum atomic E-state index is 0.361. The van der Waals surface area contributed by atoms with E-state index in [1.165, 1.54) is 0 Å². The minimum Gasteiger partial charge on any atom is -0.292 e. The van der Waals surface area contributed by atoms with Crippen molar-refractivity contribution in [1.29, 1.82) is 5.26 Å². The van der Waals surface area contributed by atoms with Crippen LogP contribution >= 0.6 is 11.6 Å². The number of pyridine rings is 2. The minimum absolute atomic E-state index is 0.361. The summed E-state index contributed by atoms with van der Waals surface area (Å²) in [4.78, 5) is 8.66. The van der Waals surface area contributed by atoms with E-state index in [9.17, 15) is 0 Å². The zero-order valence-electron chi connectivity index (χ0n) is 11.4. The Bertz CT molecular complexity index is 1050. The molecule has 1 aromatic carbocycles. The topological polar surface area (TPSA) is 54.5 Å². The highest BCUT2D eigenvalue weighted by Gasteiger charge is 2.16. The molecule has 0 fully saturated rings. The number of nitrogens with zero attached hydrogens (tertiary/aromatic N) is 4. The van der Waals surface area contributed by atoms with Crippen LogP contribution in [0.15, 0.2) is 54.9 Å². The van der Waals surface area contributed by atoms with E-state index in [0.717, 1.165) is 27.6 Å². The third-order valence-corrected chi connectivity index (χ3v) is 3.93. The van der Waals surface area contributed by atoms with Crippen molar-refractivity contribution in [2.24, 2.45) is 0 Å². The van der Waals surface area contributed by atoms with Gasteiger partial charge in [0.05, 0.1) is 16.7 Å². The largest absolute Gasteiger partial charge is 0.292 e. The Balaban J connectivity index is 2.24. The van der Waals surface area contributed by atoms with Gasteiger partial charge in [-0.25, -0.2) is 9.97 Å². The van der Waals surface area contributed by atoms with Gasteiger partial charge in [-0.2, -0.15) is 5.26 Å². The number of fused-ring (bicyclic) bond motifs is 3. The molecule has 0 aliphatic rings. The summed E-state index contributed by atoms with van der Waals surface area (Å²) in [5.41, 5.74) is 2.97. The van der Waals surface area contributed by atoms with Crippen molar-refractivity contribution in [3.8, 4) is 11.8 Å². The quantitative estimate of drug-likeness (QED) is 0.532. The smallest absolute Gasteiger partial charge is 0.147 e. The van der Waals surface area contributed by atoms with Crippen LogP contribution in [0.3, 0.4) is 0 Å². The monoisotopic (exact) mass is 304 g/mol. The second kappa shape index (κ2) is 4.83. The maximum absolute atomic E-state index is 9.09. The summed E-state index contributed by atoms with van der Waals surface area (Å²) in [5.74, 6) is 0. The molecule has 0 saturated heterocycles. The molecule has 3 aromatic heterocycles. The van der Waals surface area contributed by atoms with Crippen molar-refractivity contribution >= 4 is 33.5 Å². The molecule has 0 radical (unpaired) electrons. The van der Waals surface area contributed by atoms with Crippen LogP contribution in [0.4, 0.5) is 0 Å². The van der Waals surface area contributed by atoms with Crippen molar-refractivity contribution in [3.05, 3.63) is 65.6 Å². The highest BCUT2D eigenvalue weighted by Crippen LogP contribution is 2.34. The van der Waals surface area contributed by atoms with Crippen molar-refractivity contribution < 1.29 is 0 Å². The lowest BCUT2D eigenvalue weighted by Gasteiger charge is -2.06. The van der Waals surface area contributed by atoms with Gasteiger partial charge in [-0.15, -0.1) is 0 Å². The van der Waals surface area contributed by atoms with Crippen LogP contribution in [-0.2, 0) is 0 Å². The van der Waals surface area contributed by atoms with Crippen molar-refractivity contribution in [3.63, 3.8) is 0 Å². The highest BCUT2D eigenvalue weighted by molar-refractivity contribution is 6.37. The van der Waals surface area contributed by atoms with Crippen molar-refractivity contribution in [1.82, 2.24) is 14.5 Å². The number of halogens is 1. The van der Waals surface area contributed by atoms with E-state index >= 15 is 0 Å². The average Bonchev–Trinajstić information content (AvgIpc) is 2.90. The molecule has 0 saturated carbocycles. The molecule has 0 aliphatic carbocycles. The van der Waals surface area contributed by atoms with Gasteiger partial charge in [-0.05, 0) is 24.3 Å². The summed E-state index contributed by atoms with van der Waals surface area (Å²) < 4.78 is 2.00. The van der Waals surface area contributed by atoms with Crippen molar-refractivity contribution in [2.75, 3.05) is 0 Å². The number of aromatic nitrogens is 3. The maximum Gasteiger partial charge on any atom is 0.147 e. The van der Waals surface area contributed by atoms with E-state index in [-0.39, 0.29) is 0 Å². The van der Waals surface area contributed by atoms with Crippen LogP contribution < -0.4 is 0 Å². The van der Waals surface area contributed by atoms with Gasteiger partial charge in [0, 0.05) is 22.7 Å². The molecule has 3 heterocycles. The van der Waals surface area contributed by atoms with Crippen LogP contribution in [0.5, 0.6) is 0 Å². The molecular weight excluding hydrogens is 296 g/mol. The second-order valence-corrected chi connectivity index (χ2v) is 5.27. The molecular formula is C17H9ClN4. The zero-order valence-corrected chi connectivity index (χ0v) is 12.1. The number of nitriles is 1. The Kier molecular flexibility index (Phi) is 2.81. The summed E-state index contributed by atoms with van der Waals surface area (Å²) >= 11 is 6.38. The van der Waals surface area contributed by atoms with E-state index in [4.69, 9.17) is 16.9 Å². The Morgan fingerprint density at radius 2 is 1.91 bits per heavy atom. The second-order valence-electron chi connectivity index (χ2n) is 4.86. The Hall–Kier alpha value is -2.90. The Labute approximate surface area is 131 Å². The van der Waals surface area contributed by atoms with Crippen molar-refractivity contribution in [2.45, 2.75) is 0 Å². The van der Waals surface area contributed by atoms with E-state index in [2.05, 4.69) is 16.0 Å². The van der Waals surface area contributed by atoms with E-state index in [1.807, 2.05) is 34.9 Å². The van der Waals surface area contributed by atoms with Crippen LogP contribution in [0, 0.1) is 11.3 Å². The zero-order chi connectivity index (χ0) is 15.1. The molecule has 0 spiro atoms. The number of hydrogen-bond donors (Lipinski definition) is 0. The van der Waals surface area contributed by atoms with Crippen LogP contribution in [-0.4, -0.2) is 14.5 Å².